The third-order valence-electron chi connectivity index (χ3n) is 3.17. The number of hydrogen-bond donors (Lipinski definition) is 3. The highest BCUT2D eigenvalue weighted by Gasteiger charge is 2.06. The smallest absolute Gasteiger partial charge is 0.251 e. The number of primary amides is 1. The predicted molar refractivity (Wildman–Crippen MR) is 102 cm³/mol. The monoisotopic (exact) mass is 428 g/mol. The Morgan fingerprint density at radius 2 is 2.04 bits per heavy atom. The maximum Gasteiger partial charge on any atom is 0.251 e. The Balaban J connectivity index is 0.00000264. The van der Waals surface area contributed by atoms with Gasteiger partial charge in [0.15, 0.2) is 5.96 Å². The van der Waals surface area contributed by atoms with Crippen molar-refractivity contribution < 1.29 is 9.21 Å². The summed E-state index contributed by atoms with van der Waals surface area (Å²) in [7, 11) is 0. The molecule has 7 heteroatoms. The van der Waals surface area contributed by atoms with Crippen LogP contribution in [0.1, 0.15) is 41.4 Å². The van der Waals surface area contributed by atoms with E-state index in [2.05, 4.69) is 30.2 Å². The van der Waals surface area contributed by atoms with Gasteiger partial charge in [0.2, 0.25) is 0 Å². The van der Waals surface area contributed by atoms with E-state index in [4.69, 9.17) is 15.9 Å². The number of guanidine groups is 1. The van der Waals surface area contributed by atoms with Gasteiger partial charge >= 0.3 is 0 Å². The first-order chi connectivity index (χ1) is 10.5. The van der Waals surface area contributed by atoms with Crippen LogP contribution >= 0.6 is 24.0 Å². The molecular formula is C16H21IN4O2. The maximum atomic E-state index is 11.0. The summed E-state index contributed by atoms with van der Waals surface area (Å²) < 4.78 is 5.19. The normalized spacial score (nSPS) is 11.2. The highest BCUT2D eigenvalue weighted by atomic mass is 127. The molecule has 6 nitrogen and oxygen atoms in total. The van der Waals surface area contributed by atoms with Crippen molar-refractivity contribution in [2.75, 3.05) is 5.32 Å². The summed E-state index contributed by atoms with van der Waals surface area (Å²) in [6, 6.07) is 9.55. The van der Waals surface area contributed by atoms with Crippen LogP contribution in [0.4, 0.5) is 5.69 Å². The van der Waals surface area contributed by atoms with E-state index in [1.807, 2.05) is 18.2 Å². The van der Waals surface area contributed by atoms with Crippen LogP contribution in [0.5, 0.6) is 0 Å². The second-order valence-corrected chi connectivity index (χ2v) is 5.27. The minimum Gasteiger partial charge on any atom is -0.467 e. The SMILES string of the molecule is CC(C)c1cccc(NC(N)=NCc2cc(C(N)=O)co2)c1.I. The molecule has 2 aromatic rings. The molecule has 0 aliphatic heterocycles. The van der Waals surface area contributed by atoms with Crippen molar-refractivity contribution in [3.63, 3.8) is 0 Å². The molecule has 1 aromatic carbocycles. The zero-order chi connectivity index (χ0) is 16.1. The summed E-state index contributed by atoms with van der Waals surface area (Å²) in [5, 5.41) is 3.03. The fourth-order valence-electron chi connectivity index (χ4n) is 1.92. The molecule has 0 fully saturated rings. The third-order valence-corrected chi connectivity index (χ3v) is 3.17. The summed E-state index contributed by atoms with van der Waals surface area (Å²) in [5.41, 5.74) is 13.4. The quantitative estimate of drug-likeness (QED) is 0.387. The number of carbonyl (C=O) groups is 1. The molecule has 2 rings (SSSR count). The van der Waals surface area contributed by atoms with E-state index in [0.29, 0.717) is 17.2 Å². The largest absolute Gasteiger partial charge is 0.467 e. The number of nitrogens with zero attached hydrogens (tertiary/aromatic N) is 1. The van der Waals surface area contributed by atoms with Crippen molar-refractivity contribution >= 4 is 41.5 Å². The van der Waals surface area contributed by atoms with E-state index in [0.717, 1.165) is 5.69 Å². The Bertz CT molecular complexity index is 695. The molecule has 23 heavy (non-hydrogen) atoms. The first-order valence-corrected chi connectivity index (χ1v) is 7.00. The first-order valence-electron chi connectivity index (χ1n) is 7.00. The standard InChI is InChI=1S/C16H20N4O2.HI/c1-10(2)11-4-3-5-13(6-11)20-16(18)19-8-14-7-12(9-22-14)15(17)21;/h3-7,9-10H,8H2,1-2H3,(H2,17,21)(H3,18,19,20);1H. The molecule has 0 aliphatic rings. The molecule has 1 amide bonds. The average molecular weight is 428 g/mol. The minimum absolute atomic E-state index is 0. The number of anilines is 1. The lowest BCUT2D eigenvalue weighted by Crippen LogP contribution is -2.22. The summed E-state index contributed by atoms with van der Waals surface area (Å²) in [6.45, 7) is 4.49. The Morgan fingerprint density at radius 3 is 2.65 bits per heavy atom. The molecule has 0 saturated carbocycles. The second kappa shape index (κ2) is 8.56. The van der Waals surface area contributed by atoms with Crippen molar-refractivity contribution in [1.29, 1.82) is 0 Å². The Kier molecular flexibility index (Phi) is 7.08. The van der Waals surface area contributed by atoms with Gasteiger partial charge in [0.25, 0.3) is 5.91 Å². The molecule has 0 saturated heterocycles. The lowest BCUT2D eigenvalue weighted by Gasteiger charge is -2.09. The highest BCUT2D eigenvalue weighted by molar-refractivity contribution is 14.0. The van der Waals surface area contributed by atoms with Crippen molar-refractivity contribution in [1.82, 2.24) is 0 Å². The van der Waals surface area contributed by atoms with E-state index >= 15 is 0 Å². The summed E-state index contributed by atoms with van der Waals surface area (Å²) >= 11 is 0. The summed E-state index contributed by atoms with van der Waals surface area (Å²) in [6.07, 6.45) is 1.31. The third kappa shape index (κ3) is 5.59. The topological polar surface area (TPSA) is 107 Å². The van der Waals surface area contributed by atoms with Crippen LogP contribution in [0.3, 0.4) is 0 Å². The summed E-state index contributed by atoms with van der Waals surface area (Å²) in [5.74, 6) is 0.707. The van der Waals surface area contributed by atoms with Gasteiger partial charge in [-0.05, 0) is 29.7 Å². The number of nitrogens with one attached hydrogen (secondary N) is 1. The van der Waals surface area contributed by atoms with E-state index in [1.54, 1.807) is 6.07 Å². The fourth-order valence-corrected chi connectivity index (χ4v) is 1.92. The van der Waals surface area contributed by atoms with E-state index < -0.39 is 5.91 Å². The average Bonchev–Trinajstić information content (AvgIpc) is 2.94. The number of hydrogen-bond acceptors (Lipinski definition) is 3. The number of nitrogens with two attached hydrogens (primary N) is 2. The number of benzene rings is 1. The highest BCUT2D eigenvalue weighted by Crippen LogP contribution is 2.18. The van der Waals surface area contributed by atoms with Gasteiger partial charge in [-0.25, -0.2) is 4.99 Å². The maximum absolute atomic E-state index is 11.0. The molecule has 0 bridgehead atoms. The zero-order valence-corrected chi connectivity index (χ0v) is 15.4. The lowest BCUT2D eigenvalue weighted by atomic mass is 10.0. The van der Waals surface area contributed by atoms with Gasteiger partial charge in [-0.2, -0.15) is 0 Å². The lowest BCUT2D eigenvalue weighted by molar-refractivity contribution is 0.0999. The molecule has 1 heterocycles. The number of halogens is 1. The number of furan rings is 1. The van der Waals surface area contributed by atoms with Crippen molar-refractivity contribution in [3.8, 4) is 0 Å². The number of carbonyl (C=O) groups excluding carboxylic acids is 1. The van der Waals surface area contributed by atoms with E-state index in [9.17, 15) is 4.79 Å². The van der Waals surface area contributed by atoms with Gasteiger partial charge in [-0.1, -0.05) is 26.0 Å². The predicted octanol–water partition coefficient (Wildman–Crippen LogP) is 3.05. The molecule has 0 atom stereocenters. The number of amides is 1. The van der Waals surface area contributed by atoms with Gasteiger partial charge < -0.3 is 21.2 Å². The Hall–Kier alpha value is -2.03. The number of aliphatic imine (C=N–C) groups is 1. The van der Waals surface area contributed by atoms with E-state index in [1.165, 1.54) is 11.8 Å². The van der Waals surface area contributed by atoms with Crippen molar-refractivity contribution in [2.24, 2.45) is 16.5 Å². The molecular weight excluding hydrogens is 407 g/mol. The Morgan fingerprint density at radius 1 is 1.30 bits per heavy atom. The van der Waals surface area contributed by atoms with Crippen LogP contribution in [0.15, 0.2) is 46.0 Å². The fraction of sp³-hybridized carbons (Fsp3) is 0.250. The van der Waals surface area contributed by atoms with Gasteiger partial charge in [0.05, 0.1) is 5.56 Å². The molecule has 0 spiro atoms. The van der Waals surface area contributed by atoms with Crippen molar-refractivity contribution in [3.05, 3.63) is 53.5 Å². The molecule has 1 aromatic heterocycles. The van der Waals surface area contributed by atoms with Crippen LogP contribution in [0, 0.1) is 0 Å². The van der Waals surface area contributed by atoms with Crippen LogP contribution in [-0.4, -0.2) is 11.9 Å². The molecule has 0 aliphatic carbocycles. The Labute approximate surface area is 152 Å². The van der Waals surface area contributed by atoms with Crippen LogP contribution in [0.25, 0.3) is 0 Å². The molecule has 5 N–H and O–H groups in total. The summed E-state index contributed by atoms with van der Waals surface area (Å²) in [4.78, 5) is 15.1. The zero-order valence-electron chi connectivity index (χ0n) is 13.1. The van der Waals surface area contributed by atoms with Crippen LogP contribution < -0.4 is 16.8 Å². The molecule has 0 unspecified atom stereocenters. The van der Waals surface area contributed by atoms with E-state index in [-0.39, 0.29) is 36.5 Å². The molecule has 0 radical (unpaired) electrons. The van der Waals surface area contributed by atoms with Crippen molar-refractivity contribution in [2.45, 2.75) is 26.3 Å². The molecule has 124 valence electrons. The second-order valence-electron chi connectivity index (χ2n) is 5.27. The van der Waals surface area contributed by atoms with Gasteiger partial charge in [0, 0.05) is 5.69 Å². The van der Waals surface area contributed by atoms with Gasteiger partial charge in [-0.3, -0.25) is 4.79 Å². The first kappa shape index (κ1) is 19.0. The minimum atomic E-state index is -0.532. The van der Waals surface area contributed by atoms with Gasteiger partial charge in [-0.15, -0.1) is 24.0 Å². The number of rotatable bonds is 5. The van der Waals surface area contributed by atoms with Crippen LogP contribution in [0.2, 0.25) is 0 Å². The van der Waals surface area contributed by atoms with Crippen LogP contribution in [-0.2, 0) is 6.54 Å². The van der Waals surface area contributed by atoms with Gasteiger partial charge in [0.1, 0.15) is 18.6 Å².